The van der Waals surface area contributed by atoms with Crippen LogP contribution in [-0.2, 0) is 0 Å². The van der Waals surface area contributed by atoms with Crippen molar-refractivity contribution in [1.82, 2.24) is 9.97 Å². The van der Waals surface area contributed by atoms with Gasteiger partial charge in [-0.3, -0.25) is 0 Å². The Balaban J connectivity index is 2.07. The van der Waals surface area contributed by atoms with E-state index in [1.807, 2.05) is 17.5 Å². The van der Waals surface area contributed by atoms with Gasteiger partial charge in [-0.2, -0.15) is 0 Å². The first kappa shape index (κ1) is 12.6. The third kappa shape index (κ3) is 2.33. The molecular formula is C13H12BrClN2S. The van der Waals surface area contributed by atoms with Crippen molar-refractivity contribution in [3.8, 4) is 10.7 Å². The minimum Gasteiger partial charge on any atom is -0.231 e. The summed E-state index contributed by atoms with van der Waals surface area (Å²) in [7, 11) is 0. The van der Waals surface area contributed by atoms with E-state index < -0.39 is 0 Å². The summed E-state index contributed by atoms with van der Waals surface area (Å²) < 4.78 is 0.872. The van der Waals surface area contributed by atoms with E-state index in [-0.39, 0.29) is 0 Å². The second kappa shape index (κ2) is 5.27. The van der Waals surface area contributed by atoms with Gasteiger partial charge >= 0.3 is 0 Å². The molecule has 18 heavy (non-hydrogen) atoms. The Bertz CT molecular complexity index is 550. The van der Waals surface area contributed by atoms with E-state index >= 15 is 0 Å². The summed E-state index contributed by atoms with van der Waals surface area (Å²) in [5.74, 6) is 1.28. The first-order valence-electron chi connectivity index (χ1n) is 6.02. The van der Waals surface area contributed by atoms with Crippen LogP contribution in [-0.4, -0.2) is 9.97 Å². The smallest absolute Gasteiger partial charge is 0.171 e. The zero-order valence-corrected chi connectivity index (χ0v) is 12.9. The Morgan fingerprint density at radius 2 is 2.06 bits per heavy atom. The van der Waals surface area contributed by atoms with Crippen LogP contribution in [0.25, 0.3) is 10.7 Å². The summed E-state index contributed by atoms with van der Waals surface area (Å²) in [4.78, 5) is 10.2. The molecule has 3 rings (SSSR count). The lowest BCUT2D eigenvalue weighted by Gasteiger charge is -2.12. The molecule has 2 nitrogen and oxygen atoms in total. The molecule has 2 aromatic heterocycles. The molecule has 1 fully saturated rings. The molecule has 0 amide bonds. The van der Waals surface area contributed by atoms with Gasteiger partial charge in [-0.25, -0.2) is 9.97 Å². The van der Waals surface area contributed by atoms with Gasteiger partial charge in [-0.15, -0.1) is 11.3 Å². The molecule has 0 unspecified atom stereocenters. The van der Waals surface area contributed by atoms with E-state index in [1.54, 1.807) is 11.3 Å². The summed E-state index contributed by atoms with van der Waals surface area (Å²) in [6, 6.07) is 4.04. The van der Waals surface area contributed by atoms with E-state index in [2.05, 4.69) is 20.9 Å². The highest BCUT2D eigenvalue weighted by Gasteiger charge is 2.23. The van der Waals surface area contributed by atoms with Gasteiger partial charge < -0.3 is 0 Å². The van der Waals surface area contributed by atoms with Gasteiger partial charge in [0.2, 0.25) is 0 Å². The van der Waals surface area contributed by atoms with Crippen molar-refractivity contribution in [3.63, 3.8) is 0 Å². The van der Waals surface area contributed by atoms with Crippen LogP contribution < -0.4 is 0 Å². The molecule has 0 saturated heterocycles. The minimum atomic E-state index is 0.523. The van der Waals surface area contributed by atoms with Gasteiger partial charge in [0.05, 0.1) is 15.0 Å². The summed E-state index contributed by atoms with van der Waals surface area (Å²) in [6.07, 6.45) is 4.98. The topological polar surface area (TPSA) is 25.8 Å². The molecule has 0 atom stereocenters. The van der Waals surface area contributed by atoms with Gasteiger partial charge in [-0.1, -0.05) is 30.5 Å². The Hall–Kier alpha value is -0.450. The zero-order chi connectivity index (χ0) is 12.5. The van der Waals surface area contributed by atoms with Crippen LogP contribution in [0.15, 0.2) is 22.0 Å². The number of hydrogen-bond acceptors (Lipinski definition) is 3. The van der Waals surface area contributed by atoms with Gasteiger partial charge in [0, 0.05) is 5.92 Å². The number of nitrogens with zero attached hydrogens (tertiary/aromatic N) is 2. The molecular weight excluding hydrogens is 332 g/mol. The minimum absolute atomic E-state index is 0.523. The largest absolute Gasteiger partial charge is 0.231 e. The number of hydrogen-bond donors (Lipinski definition) is 0. The SMILES string of the molecule is Clc1nc(-c2cccs2)nc(C2CCCC2)c1Br. The van der Waals surface area contributed by atoms with Crippen molar-refractivity contribution >= 4 is 38.9 Å². The summed E-state index contributed by atoms with van der Waals surface area (Å²) in [5.41, 5.74) is 1.08. The van der Waals surface area contributed by atoms with Crippen LogP contribution in [0, 0.1) is 0 Å². The third-order valence-electron chi connectivity index (χ3n) is 3.32. The van der Waals surface area contributed by atoms with Crippen LogP contribution >= 0.6 is 38.9 Å². The van der Waals surface area contributed by atoms with Gasteiger partial charge in [0.1, 0.15) is 5.15 Å². The molecule has 0 N–H and O–H groups in total. The zero-order valence-electron chi connectivity index (χ0n) is 9.70. The van der Waals surface area contributed by atoms with E-state index in [4.69, 9.17) is 16.6 Å². The number of aromatic nitrogens is 2. The van der Waals surface area contributed by atoms with Crippen LogP contribution in [0.4, 0.5) is 0 Å². The molecule has 1 aliphatic carbocycles. The van der Waals surface area contributed by atoms with Crippen molar-refractivity contribution in [2.24, 2.45) is 0 Å². The molecule has 0 spiro atoms. The predicted octanol–water partition coefficient (Wildman–Crippen LogP) is 5.28. The first-order chi connectivity index (χ1) is 8.75. The quantitative estimate of drug-likeness (QED) is 0.693. The Kier molecular flexibility index (Phi) is 3.68. The lowest BCUT2D eigenvalue weighted by molar-refractivity contribution is 0.691. The van der Waals surface area contributed by atoms with Gasteiger partial charge in [-0.05, 0) is 40.2 Å². The molecule has 1 saturated carbocycles. The molecule has 0 aliphatic heterocycles. The van der Waals surface area contributed by atoms with Crippen LogP contribution in [0.1, 0.15) is 37.3 Å². The van der Waals surface area contributed by atoms with E-state index in [1.165, 1.54) is 25.7 Å². The number of halogens is 2. The van der Waals surface area contributed by atoms with Gasteiger partial charge in [0.15, 0.2) is 5.82 Å². The highest BCUT2D eigenvalue weighted by Crippen LogP contribution is 2.39. The monoisotopic (exact) mass is 342 g/mol. The van der Waals surface area contributed by atoms with Crippen molar-refractivity contribution in [1.29, 1.82) is 0 Å². The fourth-order valence-corrected chi connectivity index (χ4v) is 3.76. The second-order valence-electron chi connectivity index (χ2n) is 4.50. The number of thiophene rings is 1. The highest BCUT2D eigenvalue weighted by atomic mass is 79.9. The normalized spacial score (nSPS) is 16.3. The molecule has 0 aromatic carbocycles. The first-order valence-corrected chi connectivity index (χ1v) is 8.07. The standard InChI is InChI=1S/C13H12BrClN2S/c14-10-11(8-4-1-2-5-8)16-13(17-12(10)15)9-6-3-7-18-9/h3,6-8H,1-2,4-5H2. The maximum absolute atomic E-state index is 6.22. The average Bonchev–Trinajstić information content (AvgIpc) is 3.03. The number of rotatable bonds is 2. The molecule has 1 aliphatic rings. The fraction of sp³-hybridized carbons (Fsp3) is 0.385. The van der Waals surface area contributed by atoms with Gasteiger partial charge in [0.25, 0.3) is 0 Å². The maximum Gasteiger partial charge on any atom is 0.171 e. The van der Waals surface area contributed by atoms with Crippen molar-refractivity contribution < 1.29 is 0 Å². The lowest BCUT2D eigenvalue weighted by atomic mass is 10.0. The summed E-state index contributed by atoms with van der Waals surface area (Å²) in [5, 5.41) is 2.56. The van der Waals surface area contributed by atoms with Crippen molar-refractivity contribution in [2.75, 3.05) is 0 Å². The van der Waals surface area contributed by atoms with Crippen molar-refractivity contribution in [3.05, 3.63) is 32.8 Å². The molecule has 94 valence electrons. The predicted molar refractivity (Wildman–Crippen MR) is 79.3 cm³/mol. The Labute approximate surface area is 124 Å². The molecule has 0 radical (unpaired) electrons. The van der Waals surface area contributed by atoms with Crippen molar-refractivity contribution in [2.45, 2.75) is 31.6 Å². The van der Waals surface area contributed by atoms with E-state index in [9.17, 15) is 0 Å². The molecule has 0 bridgehead atoms. The molecule has 2 heterocycles. The maximum atomic E-state index is 6.22. The van der Waals surface area contributed by atoms with Crippen LogP contribution in [0.5, 0.6) is 0 Å². The summed E-state index contributed by atoms with van der Waals surface area (Å²) >= 11 is 11.4. The average molecular weight is 344 g/mol. The fourth-order valence-electron chi connectivity index (χ4n) is 2.42. The molecule has 2 aromatic rings. The molecule has 5 heteroatoms. The lowest BCUT2D eigenvalue weighted by Crippen LogP contribution is -2.02. The van der Waals surface area contributed by atoms with E-state index in [0.717, 1.165) is 20.9 Å². The van der Waals surface area contributed by atoms with E-state index in [0.29, 0.717) is 11.1 Å². The summed E-state index contributed by atoms with van der Waals surface area (Å²) in [6.45, 7) is 0. The van der Waals surface area contributed by atoms with Crippen LogP contribution in [0.3, 0.4) is 0 Å². The Morgan fingerprint density at radius 3 is 2.72 bits per heavy atom. The highest BCUT2D eigenvalue weighted by molar-refractivity contribution is 9.10. The third-order valence-corrected chi connectivity index (χ3v) is 5.47. The second-order valence-corrected chi connectivity index (χ2v) is 6.59. The van der Waals surface area contributed by atoms with Crippen LogP contribution in [0.2, 0.25) is 5.15 Å². The Morgan fingerprint density at radius 1 is 1.28 bits per heavy atom.